The van der Waals surface area contributed by atoms with Crippen LogP contribution in [-0.4, -0.2) is 47.8 Å². The molecular weight excluding hydrogens is 338 g/mol. The molecule has 0 fully saturated rings. The number of aromatic nitrogens is 1. The molecule has 1 unspecified atom stereocenters. The largest absolute Gasteiger partial charge is 0.391 e. The first-order chi connectivity index (χ1) is 13.0. The van der Waals surface area contributed by atoms with E-state index in [4.69, 9.17) is 5.41 Å². The minimum atomic E-state index is 0.0484. The standard InChI is InChI=1S/C21H27N5O/c1-14-4-5-17(12-24-14)16-6-8-18(9-7-16)25-21(22)19-13-26(15(2)27)11-10-20(19)23-3/h4-8,12,18,23H,9-11,13H2,1-3H3,(H2,22,25). The molecule has 1 aliphatic carbocycles. The Morgan fingerprint density at radius 2 is 2.19 bits per heavy atom. The summed E-state index contributed by atoms with van der Waals surface area (Å²) >= 11 is 0. The van der Waals surface area contributed by atoms with E-state index in [1.54, 1.807) is 11.8 Å². The molecule has 27 heavy (non-hydrogen) atoms. The van der Waals surface area contributed by atoms with Gasteiger partial charge in [0, 0.05) is 56.1 Å². The van der Waals surface area contributed by atoms with Gasteiger partial charge in [-0.15, -0.1) is 0 Å². The van der Waals surface area contributed by atoms with Crippen molar-refractivity contribution < 1.29 is 4.79 Å². The van der Waals surface area contributed by atoms with Gasteiger partial charge in [-0.3, -0.25) is 15.2 Å². The van der Waals surface area contributed by atoms with Crippen LogP contribution >= 0.6 is 0 Å². The molecule has 142 valence electrons. The molecule has 1 aromatic heterocycles. The second-order valence-corrected chi connectivity index (χ2v) is 6.97. The molecule has 6 heteroatoms. The summed E-state index contributed by atoms with van der Waals surface area (Å²) in [6, 6.07) is 4.16. The Morgan fingerprint density at radius 3 is 2.78 bits per heavy atom. The molecule has 1 amide bonds. The molecule has 2 aliphatic rings. The molecule has 1 aromatic rings. The van der Waals surface area contributed by atoms with Crippen LogP contribution in [0.5, 0.6) is 0 Å². The van der Waals surface area contributed by atoms with E-state index in [0.29, 0.717) is 18.9 Å². The zero-order valence-corrected chi connectivity index (χ0v) is 16.2. The second kappa shape index (κ2) is 8.20. The number of hydrogen-bond donors (Lipinski definition) is 3. The van der Waals surface area contributed by atoms with Gasteiger partial charge in [0.25, 0.3) is 0 Å². The van der Waals surface area contributed by atoms with Crippen LogP contribution in [-0.2, 0) is 4.79 Å². The van der Waals surface area contributed by atoms with Crippen molar-refractivity contribution in [2.45, 2.75) is 32.7 Å². The topological polar surface area (TPSA) is 81.1 Å². The summed E-state index contributed by atoms with van der Waals surface area (Å²) in [6.45, 7) is 4.73. The molecule has 1 atom stereocenters. The van der Waals surface area contributed by atoms with Crippen molar-refractivity contribution in [2.75, 3.05) is 20.1 Å². The van der Waals surface area contributed by atoms with Crippen molar-refractivity contribution in [1.82, 2.24) is 20.5 Å². The van der Waals surface area contributed by atoms with Gasteiger partial charge in [-0.25, -0.2) is 0 Å². The third kappa shape index (κ3) is 4.45. The van der Waals surface area contributed by atoms with Crippen molar-refractivity contribution in [3.05, 3.63) is 59.1 Å². The van der Waals surface area contributed by atoms with E-state index in [-0.39, 0.29) is 11.9 Å². The maximum absolute atomic E-state index is 11.7. The lowest BCUT2D eigenvalue weighted by Gasteiger charge is -2.31. The number of pyridine rings is 1. The Morgan fingerprint density at radius 1 is 1.37 bits per heavy atom. The minimum Gasteiger partial charge on any atom is -0.391 e. The number of amidine groups is 1. The first-order valence-corrected chi connectivity index (χ1v) is 9.30. The highest BCUT2D eigenvalue weighted by atomic mass is 16.2. The molecule has 6 nitrogen and oxygen atoms in total. The van der Waals surface area contributed by atoms with Crippen LogP contribution < -0.4 is 10.6 Å². The zero-order chi connectivity index (χ0) is 19.4. The quantitative estimate of drug-likeness (QED) is 0.565. The van der Waals surface area contributed by atoms with Crippen molar-refractivity contribution >= 4 is 17.3 Å². The molecule has 0 spiro atoms. The summed E-state index contributed by atoms with van der Waals surface area (Å²) in [7, 11) is 1.87. The Balaban J connectivity index is 1.65. The maximum Gasteiger partial charge on any atom is 0.219 e. The summed E-state index contributed by atoms with van der Waals surface area (Å²) in [6.07, 6.45) is 9.80. The summed E-state index contributed by atoms with van der Waals surface area (Å²) in [4.78, 5) is 17.8. The number of allylic oxidation sites excluding steroid dienone is 2. The lowest BCUT2D eigenvalue weighted by atomic mass is 9.97. The van der Waals surface area contributed by atoms with Gasteiger partial charge in [0.05, 0.1) is 6.54 Å². The summed E-state index contributed by atoms with van der Waals surface area (Å²) in [5.41, 5.74) is 5.17. The fourth-order valence-corrected chi connectivity index (χ4v) is 3.39. The predicted molar refractivity (Wildman–Crippen MR) is 108 cm³/mol. The molecule has 3 N–H and O–H groups in total. The van der Waals surface area contributed by atoms with Gasteiger partial charge in [0.2, 0.25) is 5.91 Å². The van der Waals surface area contributed by atoms with E-state index in [1.165, 1.54) is 0 Å². The van der Waals surface area contributed by atoms with E-state index >= 15 is 0 Å². The lowest BCUT2D eigenvalue weighted by Crippen LogP contribution is -2.43. The Hall–Kier alpha value is -2.89. The van der Waals surface area contributed by atoms with Crippen molar-refractivity contribution in [3.8, 4) is 0 Å². The molecule has 0 aromatic carbocycles. The predicted octanol–water partition coefficient (Wildman–Crippen LogP) is 2.39. The van der Waals surface area contributed by atoms with Crippen LogP contribution in [0.2, 0.25) is 0 Å². The number of carbonyl (C=O) groups is 1. The number of aryl methyl sites for hydroxylation is 1. The first-order valence-electron chi connectivity index (χ1n) is 9.30. The third-order valence-corrected chi connectivity index (χ3v) is 5.07. The van der Waals surface area contributed by atoms with Crippen LogP contribution in [0.25, 0.3) is 5.57 Å². The number of nitrogens with one attached hydrogen (secondary N) is 3. The lowest BCUT2D eigenvalue weighted by molar-refractivity contribution is -0.128. The average molecular weight is 365 g/mol. The van der Waals surface area contributed by atoms with Crippen LogP contribution in [0.4, 0.5) is 0 Å². The van der Waals surface area contributed by atoms with E-state index in [9.17, 15) is 4.79 Å². The SMILES string of the molecule is CNC1=C(C(=N)NC2C=CC(c3ccc(C)nc3)=CC2)CN(C(C)=O)CC1. The Bertz CT molecular complexity index is 819. The van der Waals surface area contributed by atoms with Gasteiger partial charge in [0.1, 0.15) is 5.84 Å². The Kier molecular flexibility index (Phi) is 5.74. The molecule has 0 saturated carbocycles. The van der Waals surface area contributed by atoms with Gasteiger partial charge < -0.3 is 15.5 Å². The molecule has 0 radical (unpaired) electrons. The number of hydrogen-bond acceptors (Lipinski definition) is 4. The van der Waals surface area contributed by atoms with Gasteiger partial charge in [-0.2, -0.15) is 0 Å². The highest BCUT2D eigenvalue weighted by molar-refractivity contribution is 5.98. The number of amides is 1. The van der Waals surface area contributed by atoms with Crippen molar-refractivity contribution in [2.24, 2.45) is 0 Å². The first kappa shape index (κ1) is 18.9. The van der Waals surface area contributed by atoms with E-state index in [0.717, 1.165) is 40.9 Å². The minimum absolute atomic E-state index is 0.0484. The second-order valence-electron chi connectivity index (χ2n) is 6.97. The summed E-state index contributed by atoms with van der Waals surface area (Å²) in [5, 5.41) is 15.0. The van der Waals surface area contributed by atoms with Gasteiger partial charge in [0.15, 0.2) is 0 Å². The molecule has 2 heterocycles. The fourth-order valence-electron chi connectivity index (χ4n) is 3.39. The van der Waals surface area contributed by atoms with Crippen LogP contribution in [0.3, 0.4) is 0 Å². The highest BCUT2D eigenvalue weighted by Crippen LogP contribution is 2.22. The maximum atomic E-state index is 11.7. The van der Waals surface area contributed by atoms with E-state index < -0.39 is 0 Å². The van der Waals surface area contributed by atoms with Crippen LogP contribution in [0, 0.1) is 12.3 Å². The van der Waals surface area contributed by atoms with Crippen LogP contribution in [0.15, 0.2) is 47.8 Å². The van der Waals surface area contributed by atoms with Gasteiger partial charge in [-0.1, -0.05) is 24.3 Å². The number of rotatable bonds is 4. The average Bonchev–Trinajstić information content (AvgIpc) is 2.68. The van der Waals surface area contributed by atoms with Crippen LogP contribution in [0.1, 0.15) is 31.0 Å². The molecular formula is C21H27N5O. The monoisotopic (exact) mass is 365 g/mol. The van der Waals surface area contributed by atoms with Gasteiger partial charge >= 0.3 is 0 Å². The summed E-state index contributed by atoms with van der Waals surface area (Å²) in [5.74, 6) is 0.432. The van der Waals surface area contributed by atoms with Crippen molar-refractivity contribution in [1.29, 1.82) is 5.41 Å². The zero-order valence-electron chi connectivity index (χ0n) is 16.2. The third-order valence-electron chi connectivity index (χ3n) is 5.07. The molecule has 0 bridgehead atoms. The fraction of sp³-hybridized carbons (Fsp3) is 0.381. The normalized spacial score (nSPS) is 19.6. The highest BCUT2D eigenvalue weighted by Gasteiger charge is 2.24. The van der Waals surface area contributed by atoms with E-state index in [1.807, 2.05) is 26.2 Å². The number of carbonyl (C=O) groups excluding carboxylic acids is 1. The van der Waals surface area contributed by atoms with Gasteiger partial charge in [-0.05, 0) is 30.5 Å². The van der Waals surface area contributed by atoms with Crippen molar-refractivity contribution in [3.63, 3.8) is 0 Å². The summed E-state index contributed by atoms with van der Waals surface area (Å²) < 4.78 is 0. The molecule has 1 aliphatic heterocycles. The smallest absolute Gasteiger partial charge is 0.219 e. The number of nitrogens with zero attached hydrogens (tertiary/aromatic N) is 2. The molecule has 3 rings (SSSR count). The molecule has 0 saturated heterocycles. The van der Waals surface area contributed by atoms with E-state index in [2.05, 4.69) is 39.9 Å². The Labute approximate surface area is 160 Å².